The molecule has 1 aromatic heterocycles. The fraction of sp³-hybridized carbons (Fsp3) is 0.415. The number of hydrogen-bond acceptors (Lipinski definition) is 7. The van der Waals surface area contributed by atoms with Crippen molar-refractivity contribution in [2.24, 2.45) is 5.73 Å². The minimum atomic E-state index is -0.0669. The Bertz CT molecular complexity index is 2360. The van der Waals surface area contributed by atoms with E-state index in [9.17, 15) is 14.7 Å². The average Bonchev–Trinajstić information content (AvgIpc) is 3.84. The molecule has 10 nitrogen and oxygen atoms in total. The third kappa shape index (κ3) is 11.9. The van der Waals surface area contributed by atoms with Gasteiger partial charge in [0.2, 0.25) is 0 Å². The number of phenolic OH excluding ortho intramolecular Hbond substituents is 1. The second-order valence-electron chi connectivity index (χ2n) is 17.5. The Labute approximate surface area is 374 Å². The number of amides is 2. The molecule has 3 atom stereocenters. The van der Waals surface area contributed by atoms with E-state index in [0.29, 0.717) is 30.8 Å². The summed E-state index contributed by atoms with van der Waals surface area (Å²) < 4.78 is 0. The summed E-state index contributed by atoms with van der Waals surface area (Å²) in [6, 6.07) is 36.4. The number of phenols is 1. The Morgan fingerprint density at radius 2 is 1.24 bits per heavy atom. The first-order chi connectivity index (χ1) is 30.8. The second-order valence-corrected chi connectivity index (χ2v) is 17.5. The Hall–Kier alpha value is -5.55. The largest absolute Gasteiger partial charge is 0.508 e. The molecule has 63 heavy (non-hydrogen) atoms. The molecule has 2 amide bonds. The van der Waals surface area contributed by atoms with Gasteiger partial charge in [-0.25, -0.2) is 4.98 Å². The van der Waals surface area contributed by atoms with Crippen LogP contribution in [0, 0.1) is 0 Å². The fourth-order valence-corrected chi connectivity index (χ4v) is 9.51. The highest BCUT2D eigenvalue weighted by Crippen LogP contribution is 2.26. The molecule has 0 aliphatic carbocycles. The van der Waals surface area contributed by atoms with Gasteiger partial charge in [0.15, 0.2) is 0 Å². The first-order valence-corrected chi connectivity index (χ1v) is 23.3. The fourth-order valence-electron chi connectivity index (χ4n) is 9.51. The van der Waals surface area contributed by atoms with Crippen LogP contribution in [0.15, 0.2) is 122 Å². The topological polar surface area (TPSA) is 122 Å². The summed E-state index contributed by atoms with van der Waals surface area (Å²) in [5, 5.41) is 14.4. The first-order valence-electron chi connectivity index (χ1n) is 23.3. The number of carbonyl (C=O) groups is 2. The second kappa shape index (κ2) is 22.7. The predicted molar refractivity (Wildman–Crippen MR) is 256 cm³/mol. The van der Waals surface area contributed by atoms with E-state index in [4.69, 9.17) is 5.73 Å². The number of aryl methyl sites for hydroxylation is 1. The summed E-state index contributed by atoms with van der Waals surface area (Å²) in [6.07, 6.45) is 13.3. The maximum Gasteiger partial charge on any atom is 0.254 e. The van der Waals surface area contributed by atoms with Crippen LogP contribution < -0.4 is 5.73 Å². The van der Waals surface area contributed by atoms with Crippen LogP contribution in [0.1, 0.15) is 90.8 Å². The molecule has 2 fully saturated rings. The van der Waals surface area contributed by atoms with Crippen molar-refractivity contribution in [3.8, 4) is 5.75 Å². The number of imidazole rings is 1. The SMILES string of the molecule is CCCCC1CN(C(=O)c2cccc3ccccc23)CCN1CC(N)Cc1ccccc1O.CCCCC1CN(C(=O)c2cccc3ccccc23)CCN1CCCc1cnc[nH]1. The molecule has 0 bridgehead atoms. The third-order valence-corrected chi connectivity index (χ3v) is 13.0. The molecule has 5 aromatic carbocycles. The van der Waals surface area contributed by atoms with Gasteiger partial charge in [0.25, 0.3) is 11.8 Å². The van der Waals surface area contributed by atoms with Gasteiger partial charge in [-0.15, -0.1) is 0 Å². The molecule has 2 aliphatic heterocycles. The normalized spacial score (nSPS) is 17.7. The monoisotopic (exact) mass is 850 g/mol. The Kier molecular flexibility index (Phi) is 16.4. The van der Waals surface area contributed by atoms with Crippen molar-refractivity contribution >= 4 is 33.4 Å². The molecule has 10 heteroatoms. The highest BCUT2D eigenvalue weighted by Gasteiger charge is 2.32. The van der Waals surface area contributed by atoms with Crippen LogP contribution in [0.2, 0.25) is 0 Å². The van der Waals surface area contributed by atoms with Crippen LogP contribution in [-0.4, -0.2) is 117 Å². The number of nitrogens with one attached hydrogen (secondary N) is 1. The van der Waals surface area contributed by atoms with E-state index in [2.05, 4.69) is 68.8 Å². The first kappa shape index (κ1) is 45.5. The molecule has 332 valence electrons. The lowest BCUT2D eigenvalue weighted by Crippen LogP contribution is -2.57. The van der Waals surface area contributed by atoms with Gasteiger partial charge in [-0.1, -0.05) is 131 Å². The van der Waals surface area contributed by atoms with Gasteiger partial charge in [0.05, 0.1) is 6.33 Å². The molecule has 0 saturated carbocycles. The maximum atomic E-state index is 13.5. The van der Waals surface area contributed by atoms with Crippen LogP contribution in [0.4, 0.5) is 0 Å². The van der Waals surface area contributed by atoms with Crippen molar-refractivity contribution in [1.82, 2.24) is 29.6 Å². The average molecular weight is 850 g/mol. The lowest BCUT2D eigenvalue weighted by Gasteiger charge is -2.42. The maximum absolute atomic E-state index is 13.5. The quantitative estimate of drug-likeness (QED) is 0.0890. The van der Waals surface area contributed by atoms with Crippen LogP contribution in [0.25, 0.3) is 21.5 Å². The lowest BCUT2D eigenvalue weighted by atomic mass is 9.99. The summed E-state index contributed by atoms with van der Waals surface area (Å²) >= 11 is 0. The van der Waals surface area contributed by atoms with Crippen LogP contribution in [0.3, 0.4) is 0 Å². The van der Waals surface area contributed by atoms with Gasteiger partial charge >= 0.3 is 0 Å². The van der Waals surface area contributed by atoms with Crippen LogP contribution in [-0.2, 0) is 12.8 Å². The number of nitrogens with two attached hydrogens (primary N) is 1. The number of fused-ring (bicyclic) bond motifs is 2. The van der Waals surface area contributed by atoms with Gasteiger partial charge < -0.3 is 25.6 Å². The smallest absolute Gasteiger partial charge is 0.254 e. The Morgan fingerprint density at radius 3 is 1.81 bits per heavy atom. The molecule has 0 spiro atoms. The number of piperazine rings is 2. The highest BCUT2D eigenvalue weighted by molar-refractivity contribution is 6.08. The van der Waals surface area contributed by atoms with E-state index >= 15 is 0 Å². The van der Waals surface area contributed by atoms with Crippen molar-refractivity contribution in [1.29, 1.82) is 0 Å². The number of H-pyrrole nitrogens is 1. The molecule has 2 saturated heterocycles. The lowest BCUT2D eigenvalue weighted by molar-refractivity contribution is 0.0442. The zero-order valence-electron chi connectivity index (χ0n) is 37.4. The molecule has 3 unspecified atom stereocenters. The molecular weight excluding hydrogens is 783 g/mol. The molecule has 4 N–H and O–H groups in total. The van der Waals surface area contributed by atoms with E-state index in [0.717, 1.165) is 123 Å². The number of para-hydroxylation sites is 1. The molecule has 0 radical (unpaired) electrons. The number of hydrogen-bond donors (Lipinski definition) is 3. The molecule has 3 heterocycles. The van der Waals surface area contributed by atoms with Gasteiger partial charge in [-0.3, -0.25) is 19.4 Å². The van der Waals surface area contributed by atoms with E-state index in [1.54, 1.807) is 12.4 Å². The molecule has 6 aromatic rings. The highest BCUT2D eigenvalue weighted by atomic mass is 16.3. The van der Waals surface area contributed by atoms with E-state index in [1.165, 1.54) is 18.5 Å². The zero-order chi connectivity index (χ0) is 44.0. The van der Waals surface area contributed by atoms with E-state index in [1.807, 2.05) is 83.9 Å². The van der Waals surface area contributed by atoms with Crippen molar-refractivity contribution in [3.05, 3.63) is 144 Å². The summed E-state index contributed by atoms with van der Waals surface area (Å²) in [7, 11) is 0. The number of carbonyl (C=O) groups excluding carboxylic acids is 2. The van der Waals surface area contributed by atoms with Crippen molar-refractivity contribution < 1.29 is 14.7 Å². The van der Waals surface area contributed by atoms with Crippen LogP contribution >= 0.6 is 0 Å². The Balaban J connectivity index is 0.000000190. The number of nitrogens with zero attached hydrogens (tertiary/aromatic N) is 5. The van der Waals surface area contributed by atoms with Crippen LogP contribution in [0.5, 0.6) is 5.75 Å². The zero-order valence-corrected chi connectivity index (χ0v) is 37.4. The minimum absolute atomic E-state index is 0.0669. The molecular formula is C53H67N7O3. The number of unbranched alkanes of at least 4 members (excludes halogenated alkanes) is 2. The number of rotatable bonds is 16. The summed E-state index contributed by atoms with van der Waals surface area (Å²) in [5.41, 5.74) is 10.2. The molecule has 8 rings (SSSR count). The minimum Gasteiger partial charge on any atom is -0.508 e. The predicted octanol–water partition coefficient (Wildman–Crippen LogP) is 8.94. The summed E-state index contributed by atoms with van der Waals surface area (Å²) in [4.78, 5) is 43.3. The standard InChI is InChI=1S/C28H35N3O2.C25H32N4O/c1-2-3-12-24-20-31(28(33)26-14-8-11-21-9-4-6-13-25(21)26)17-16-30(24)19-23(29)18-22-10-5-7-15-27(22)32;1-2-3-11-22-18-29(16-15-28(22)14-7-10-21-17-26-19-27-21)25(30)24-13-6-9-20-8-4-5-12-23(20)24/h4-11,13-15,23-24,32H,2-3,12,16-20,29H2,1H3;4-6,8-9,12-13,17,19,22H,2-3,7,10-11,14-16,18H2,1H3,(H,26,27). The van der Waals surface area contributed by atoms with Gasteiger partial charge in [0, 0.05) is 87.0 Å². The van der Waals surface area contributed by atoms with Gasteiger partial charge in [-0.2, -0.15) is 0 Å². The number of aromatic amines is 1. The van der Waals surface area contributed by atoms with Crippen molar-refractivity contribution in [2.75, 3.05) is 52.4 Å². The van der Waals surface area contributed by atoms with Gasteiger partial charge in [0.1, 0.15) is 5.75 Å². The number of aromatic nitrogens is 2. The van der Waals surface area contributed by atoms with Crippen molar-refractivity contribution in [3.63, 3.8) is 0 Å². The number of benzene rings is 5. The third-order valence-electron chi connectivity index (χ3n) is 13.0. The van der Waals surface area contributed by atoms with E-state index < -0.39 is 0 Å². The van der Waals surface area contributed by atoms with Crippen molar-refractivity contribution in [2.45, 2.75) is 89.8 Å². The molecule has 2 aliphatic rings. The summed E-state index contributed by atoms with van der Waals surface area (Å²) in [6.45, 7) is 11.1. The van der Waals surface area contributed by atoms with Gasteiger partial charge in [-0.05, 0) is 84.0 Å². The summed E-state index contributed by atoms with van der Waals surface area (Å²) in [5.74, 6) is 0.595. The Morgan fingerprint density at radius 1 is 0.698 bits per heavy atom. The number of aromatic hydroxyl groups is 1. The van der Waals surface area contributed by atoms with E-state index in [-0.39, 0.29) is 17.9 Å².